The summed E-state index contributed by atoms with van der Waals surface area (Å²) in [5.41, 5.74) is 1.64. The number of ether oxygens (including phenoxy) is 2. The normalized spacial score (nSPS) is 13.9. The van der Waals surface area contributed by atoms with Gasteiger partial charge in [0.05, 0.1) is 10.2 Å². The van der Waals surface area contributed by atoms with Gasteiger partial charge in [-0.15, -0.1) is 0 Å². The van der Waals surface area contributed by atoms with Crippen LogP contribution in [0.5, 0.6) is 11.5 Å². The maximum atomic E-state index is 13.1. The van der Waals surface area contributed by atoms with Crippen LogP contribution in [0.4, 0.5) is 0 Å². The summed E-state index contributed by atoms with van der Waals surface area (Å²) < 4.78 is 14.6. The van der Waals surface area contributed by atoms with Crippen molar-refractivity contribution < 1.29 is 14.3 Å². The van der Waals surface area contributed by atoms with Crippen molar-refractivity contribution in [2.24, 2.45) is 4.99 Å². The van der Waals surface area contributed by atoms with E-state index in [9.17, 15) is 4.79 Å². The van der Waals surface area contributed by atoms with E-state index in [0.717, 1.165) is 45.5 Å². The van der Waals surface area contributed by atoms with Crippen molar-refractivity contribution in [2.45, 2.75) is 19.9 Å². The van der Waals surface area contributed by atoms with E-state index in [1.54, 1.807) is 0 Å². The molecule has 0 aliphatic carbocycles. The summed E-state index contributed by atoms with van der Waals surface area (Å²) in [5.74, 6) is 1.27. The highest BCUT2D eigenvalue weighted by atomic mass is 32.1. The van der Waals surface area contributed by atoms with Crippen LogP contribution in [0.2, 0.25) is 0 Å². The molecule has 0 bridgehead atoms. The predicted molar refractivity (Wildman–Crippen MR) is 115 cm³/mol. The Bertz CT molecular complexity index is 1300. The second-order valence-corrected chi connectivity index (χ2v) is 7.95. The lowest BCUT2D eigenvalue weighted by Crippen LogP contribution is -2.17. The second kappa shape index (κ2) is 7.37. The van der Waals surface area contributed by atoms with Gasteiger partial charge in [0.15, 0.2) is 16.3 Å². The van der Waals surface area contributed by atoms with Crippen molar-refractivity contribution in [1.82, 2.24) is 4.57 Å². The molecule has 5 nitrogen and oxygen atoms in total. The standard InChI is InChI=1S/C23H20N2O3S/c1-2-10-25-18-13-19-20(28-12-11-27-19)14-21(18)29-23(25)24-22(26)17-9-5-7-15-6-3-4-8-16(15)17/h3-9,13-14H,2,10-12H2,1H3. The van der Waals surface area contributed by atoms with E-state index in [-0.39, 0.29) is 5.91 Å². The Kier molecular flexibility index (Phi) is 4.56. The van der Waals surface area contributed by atoms with E-state index in [2.05, 4.69) is 16.5 Å². The predicted octanol–water partition coefficient (Wildman–Crippen LogP) is 4.78. The highest BCUT2D eigenvalue weighted by molar-refractivity contribution is 7.16. The molecule has 0 spiro atoms. The summed E-state index contributed by atoms with van der Waals surface area (Å²) in [6.07, 6.45) is 0.940. The number of benzene rings is 3. The van der Waals surface area contributed by atoms with Gasteiger partial charge in [0.1, 0.15) is 13.2 Å². The highest BCUT2D eigenvalue weighted by Gasteiger charge is 2.17. The Labute approximate surface area is 171 Å². The van der Waals surface area contributed by atoms with Gasteiger partial charge in [0.2, 0.25) is 0 Å². The second-order valence-electron chi connectivity index (χ2n) is 6.94. The fourth-order valence-electron chi connectivity index (χ4n) is 3.69. The van der Waals surface area contributed by atoms with E-state index < -0.39 is 0 Å². The molecule has 6 heteroatoms. The Balaban J connectivity index is 1.67. The molecule has 5 rings (SSSR count). The maximum absolute atomic E-state index is 13.1. The summed E-state index contributed by atoms with van der Waals surface area (Å²) in [6.45, 7) is 4.00. The van der Waals surface area contributed by atoms with E-state index in [0.29, 0.717) is 23.6 Å². The lowest BCUT2D eigenvalue weighted by molar-refractivity contribution is 0.0999. The minimum atomic E-state index is -0.226. The molecule has 0 N–H and O–H groups in total. The molecule has 29 heavy (non-hydrogen) atoms. The summed E-state index contributed by atoms with van der Waals surface area (Å²) in [4.78, 5) is 18.3. The largest absolute Gasteiger partial charge is 0.486 e. The monoisotopic (exact) mass is 404 g/mol. The van der Waals surface area contributed by atoms with E-state index in [1.807, 2.05) is 54.6 Å². The number of rotatable bonds is 3. The molecular weight excluding hydrogens is 384 g/mol. The third-order valence-corrected chi connectivity index (χ3v) is 6.05. The van der Waals surface area contributed by atoms with Crippen molar-refractivity contribution in [1.29, 1.82) is 0 Å². The van der Waals surface area contributed by atoms with Crippen LogP contribution in [-0.4, -0.2) is 23.7 Å². The molecule has 4 aromatic rings. The average Bonchev–Trinajstić information content (AvgIpc) is 3.07. The first-order chi connectivity index (χ1) is 14.2. The highest BCUT2D eigenvalue weighted by Crippen LogP contribution is 2.35. The van der Waals surface area contributed by atoms with Gasteiger partial charge in [0, 0.05) is 24.2 Å². The van der Waals surface area contributed by atoms with Gasteiger partial charge in [0.25, 0.3) is 5.91 Å². The van der Waals surface area contributed by atoms with Crippen LogP contribution >= 0.6 is 11.3 Å². The van der Waals surface area contributed by atoms with Gasteiger partial charge in [-0.1, -0.05) is 54.7 Å². The number of aromatic nitrogens is 1. The molecule has 1 amide bonds. The summed E-state index contributed by atoms with van der Waals surface area (Å²) in [7, 11) is 0. The lowest BCUT2D eigenvalue weighted by atomic mass is 10.0. The molecule has 0 atom stereocenters. The molecule has 0 saturated carbocycles. The summed E-state index contributed by atoms with van der Waals surface area (Å²) in [5, 5.41) is 1.96. The molecule has 1 aliphatic rings. The van der Waals surface area contributed by atoms with Gasteiger partial charge in [-0.05, 0) is 23.3 Å². The minimum Gasteiger partial charge on any atom is -0.486 e. The smallest absolute Gasteiger partial charge is 0.280 e. The molecule has 3 aromatic carbocycles. The van der Waals surface area contributed by atoms with Gasteiger partial charge < -0.3 is 14.0 Å². The number of amides is 1. The molecule has 2 heterocycles. The van der Waals surface area contributed by atoms with Crippen molar-refractivity contribution in [3.63, 3.8) is 0 Å². The first-order valence-corrected chi connectivity index (χ1v) is 10.6. The first kappa shape index (κ1) is 17.9. The Morgan fingerprint density at radius 2 is 1.83 bits per heavy atom. The molecule has 0 radical (unpaired) electrons. The molecule has 0 unspecified atom stereocenters. The minimum absolute atomic E-state index is 0.226. The topological polar surface area (TPSA) is 52.8 Å². The Morgan fingerprint density at radius 3 is 2.66 bits per heavy atom. The SMILES string of the molecule is CCCn1c(=NC(=O)c2cccc3ccccc23)sc2cc3c(cc21)OCCO3. The number of hydrogen-bond donors (Lipinski definition) is 0. The van der Waals surface area contributed by atoms with E-state index in [1.165, 1.54) is 11.3 Å². The number of aryl methyl sites for hydroxylation is 1. The number of hydrogen-bond acceptors (Lipinski definition) is 4. The van der Waals surface area contributed by atoms with Crippen molar-refractivity contribution in [3.8, 4) is 11.5 Å². The molecular formula is C23H20N2O3S. The molecule has 0 fully saturated rings. The van der Waals surface area contributed by atoms with E-state index in [4.69, 9.17) is 9.47 Å². The van der Waals surface area contributed by atoms with E-state index >= 15 is 0 Å². The maximum Gasteiger partial charge on any atom is 0.280 e. The summed E-state index contributed by atoms with van der Waals surface area (Å²) >= 11 is 1.50. The third kappa shape index (κ3) is 3.19. The first-order valence-electron chi connectivity index (χ1n) is 9.74. The third-order valence-electron chi connectivity index (χ3n) is 5.01. The van der Waals surface area contributed by atoms with Crippen molar-refractivity contribution in [3.05, 3.63) is 65.0 Å². The molecule has 1 aromatic heterocycles. The van der Waals surface area contributed by atoms with Gasteiger partial charge >= 0.3 is 0 Å². The molecule has 146 valence electrons. The number of carbonyl (C=O) groups excluding carboxylic acids is 1. The van der Waals surface area contributed by atoms with Gasteiger partial charge in [-0.2, -0.15) is 4.99 Å². The zero-order valence-corrected chi connectivity index (χ0v) is 16.9. The fourth-order valence-corrected chi connectivity index (χ4v) is 4.76. The Hall–Kier alpha value is -3.12. The van der Waals surface area contributed by atoms with Crippen LogP contribution in [0.15, 0.2) is 59.6 Å². The average molecular weight is 404 g/mol. The van der Waals surface area contributed by atoms with Crippen LogP contribution in [0.25, 0.3) is 21.0 Å². The van der Waals surface area contributed by atoms with Crippen molar-refractivity contribution >= 4 is 38.2 Å². The molecule has 1 aliphatic heterocycles. The van der Waals surface area contributed by atoms with Crippen LogP contribution in [0.3, 0.4) is 0 Å². The van der Waals surface area contributed by atoms with Crippen LogP contribution < -0.4 is 14.3 Å². The van der Waals surface area contributed by atoms with Crippen LogP contribution in [0, 0.1) is 0 Å². The molecule has 0 saturated heterocycles. The van der Waals surface area contributed by atoms with Crippen molar-refractivity contribution in [2.75, 3.05) is 13.2 Å². The summed E-state index contributed by atoms with van der Waals surface area (Å²) in [6, 6.07) is 17.6. The zero-order chi connectivity index (χ0) is 19.8. The van der Waals surface area contributed by atoms with Gasteiger partial charge in [-0.3, -0.25) is 4.79 Å². The fraction of sp³-hybridized carbons (Fsp3) is 0.217. The number of nitrogens with zero attached hydrogens (tertiary/aromatic N) is 2. The Morgan fingerprint density at radius 1 is 1.07 bits per heavy atom. The number of thiazole rings is 1. The van der Waals surface area contributed by atoms with Crippen LogP contribution in [0.1, 0.15) is 23.7 Å². The quantitative estimate of drug-likeness (QED) is 0.494. The lowest BCUT2D eigenvalue weighted by Gasteiger charge is -2.18. The zero-order valence-electron chi connectivity index (χ0n) is 16.1. The van der Waals surface area contributed by atoms with Gasteiger partial charge in [-0.25, -0.2) is 0 Å². The van der Waals surface area contributed by atoms with Crippen LogP contribution in [-0.2, 0) is 6.54 Å². The number of fused-ring (bicyclic) bond motifs is 3. The number of carbonyl (C=O) groups is 1.